The second-order valence-electron chi connectivity index (χ2n) is 4.27. The van der Waals surface area contributed by atoms with Crippen molar-refractivity contribution in [3.8, 4) is 0 Å². The first-order valence-electron chi connectivity index (χ1n) is 5.97. The summed E-state index contributed by atoms with van der Waals surface area (Å²) in [5.41, 5.74) is 5.46. The number of nitrogens with two attached hydrogens (primary N) is 1. The highest BCUT2D eigenvalue weighted by atomic mass is 35.5. The Morgan fingerprint density at radius 1 is 1.56 bits per heavy atom. The maximum atomic E-state index is 12.0. The van der Waals surface area contributed by atoms with E-state index in [4.69, 9.17) is 5.73 Å². The van der Waals surface area contributed by atoms with Gasteiger partial charge >= 0.3 is 0 Å². The predicted octanol–water partition coefficient (Wildman–Crippen LogP) is 0.573. The average molecular weight is 296 g/mol. The van der Waals surface area contributed by atoms with Crippen molar-refractivity contribution in [2.24, 2.45) is 5.73 Å². The van der Waals surface area contributed by atoms with E-state index in [-0.39, 0.29) is 36.3 Å². The molecule has 0 aromatic heterocycles. The fourth-order valence-corrected chi connectivity index (χ4v) is 2.84. The van der Waals surface area contributed by atoms with Gasteiger partial charge in [0.05, 0.1) is 5.88 Å². The third-order valence-corrected chi connectivity index (χ3v) is 3.72. The molecule has 1 rings (SSSR count). The number of thioether (sulfide) groups is 1. The van der Waals surface area contributed by atoms with Crippen LogP contribution in [0.3, 0.4) is 0 Å². The molecule has 0 aliphatic carbocycles. The molecule has 18 heavy (non-hydrogen) atoms. The highest BCUT2D eigenvalue weighted by molar-refractivity contribution is 7.99. The number of nitrogens with zero attached hydrogens (tertiary/aromatic N) is 1. The summed E-state index contributed by atoms with van der Waals surface area (Å²) >= 11 is 1.62. The molecule has 1 saturated heterocycles. The summed E-state index contributed by atoms with van der Waals surface area (Å²) in [6.45, 7) is 4.24. The fraction of sp³-hybridized carbons (Fsp3) is 0.818. The summed E-state index contributed by atoms with van der Waals surface area (Å²) in [6.07, 6.45) is 1.32. The van der Waals surface area contributed by atoms with Gasteiger partial charge in [-0.05, 0) is 13.3 Å². The molecule has 2 atom stereocenters. The van der Waals surface area contributed by atoms with Crippen LogP contribution in [0.2, 0.25) is 0 Å². The molecule has 1 fully saturated rings. The Hall–Kier alpha value is -0.460. The molecular formula is C11H22ClN3O2S. The van der Waals surface area contributed by atoms with Crippen LogP contribution in [-0.4, -0.2) is 47.0 Å². The van der Waals surface area contributed by atoms with Gasteiger partial charge in [0.15, 0.2) is 0 Å². The molecule has 0 aromatic rings. The fourth-order valence-electron chi connectivity index (χ4n) is 1.66. The Morgan fingerprint density at radius 3 is 2.78 bits per heavy atom. The van der Waals surface area contributed by atoms with Crippen molar-refractivity contribution in [3.05, 3.63) is 0 Å². The normalized spacial score (nSPS) is 20.2. The van der Waals surface area contributed by atoms with E-state index in [0.29, 0.717) is 24.6 Å². The van der Waals surface area contributed by atoms with Gasteiger partial charge < -0.3 is 16.0 Å². The summed E-state index contributed by atoms with van der Waals surface area (Å²) < 4.78 is 0. The molecule has 1 aliphatic heterocycles. The molecule has 0 radical (unpaired) electrons. The highest BCUT2D eigenvalue weighted by Crippen LogP contribution is 2.22. The van der Waals surface area contributed by atoms with Crippen molar-refractivity contribution in [3.63, 3.8) is 0 Å². The first-order chi connectivity index (χ1) is 8.10. The number of nitrogens with one attached hydrogen (secondary N) is 1. The standard InChI is InChI=1S/C11H21N3O2S.ClH/c1-3-4-10(15)14-7-17-6-9(14)11(16)13-8(2)5-12;/h8-9H,3-7,12H2,1-2H3,(H,13,16);1H/t8-,9?;/m0./s1. The maximum Gasteiger partial charge on any atom is 0.243 e. The summed E-state index contributed by atoms with van der Waals surface area (Å²) in [4.78, 5) is 25.5. The van der Waals surface area contributed by atoms with Crippen LogP contribution < -0.4 is 11.1 Å². The summed E-state index contributed by atoms with van der Waals surface area (Å²) in [5.74, 6) is 1.28. The van der Waals surface area contributed by atoms with E-state index in [1.165, 1.54) is 0 Å². The molecule has 5 nitrogen and oxygen atoms in total. The summed E-state index contributed by atoms with van der Waals surface area (Å²) in [5, 5.41) is 2.83. The number of amides is 2. The summed E-state index contributed by atoms with van der Waals surface area (Å²) in [7, 11) is 0. The molecule has 106 valence electrons. The van der Waals surface area contributed by atoms with Crippen molar-refractivity contribution in [1.82, 2.24) is 10.2 Å². The van der Waals surface area contributed by atoms with Crippen LogP contribution >= 0.6 is 24.2 Å². The lowest BCUT2D eigenvalue weighted by Gasteiger charge is -2.24. The van der Waals surface area contributed by atoms with Crippen LogP contribution in [0.25, 0.3) is 0 Å². The van der Waals surface area contributed by atoms with E-state index in [1.807, 2.05) is 13.8 Å². The molecule has 1 heterocycles. The minimum absolute atomic E-state index is 0. The van der Waals surface area contributed by atoms with E-state index in [9.17, 15) is 9.59 Å². The monoisotopic (exact) mass is 295 g/mol. The van der Waals surface area contributed by atoms with Crippen molar-refractivity contribution in [2.45, 2.75) is 38.8 Å². The Labute approximate surface area is 119 Å². The molecule has 0 aromatic carbocycles. The quantitative estimate of drug-likeness (QED) is 0.778. The molecule has 0 spiro atoms. The zero-order valence-corrected chi connectivity index (χ0v) is 12.5. The number of rotatable bonds is 5. The lowest BCUT2D eigenvalue weighted by molar-refractivity contribution is -0.138. The molecular weight excluding hydrogens is 274 g/mol. The Morgan fingerprint density at radius 2 is 2.22 bits per heavy atom. The van der Waals surface area contributed by atoms with E-state index in [2.05, 4.69) is 5.32 Å². The van der Waals surface area contributed by atoms with Gasteiger partial charge in [0.1, 0.15) is 6.04 Å². The van der Waals surface area contributed by atoms with E-state index in [1.54, 1.807) is 16.7 Å². The van der Waals surface area contributed by atoms with Gasteiger partial charge in [-0.25, -0.2) is 0 Å². The topological polar surface area (TPSA) is 75.4 Å². The van der Waals surface area contributed by atoms with Crippen LogP contribution in [0.4, 0.5) is 0 Å². The first kappa shape index (κ1) is 17.5. The maximum absolute atomic E-state index is 12.0. The SMILES string of the molecule is CCCC(=O)N1CSCC1C(=O)N[C@@H](C)CN.Cl. The Balaban J connectivity index is 0.00000289. The second-order valence-corrected chi connectivity index (χ2v) is 5.27. The van der Waals surface area contributed by atoms with Gasteiger partial charge in [-0.2, -0.15) is 0 Å². The van der Waals surface area contributed by atoms with Crippen LogP contribution in [0, 0.1) is 0 Å². The third kappa shape index (κ3) is 4.66. The molecule has 0 bridgehead atoms. The van der Waals surface area contributed by atoms with Crippen molar-refractivity contribution in [1.29, 1.82) is 0 Å². The smallest absolute Gasteiger partial charge is 0.243 e. The largest absolute Gasteiger partial charge is 0.351 e. The molecule has 0 saturated carbocycles. The van der Waals surface area contributed by atoms with Gasteiger partial charge in [-0.1, -0.05) is 6.92 Å². The molecule has 1 unspecified atom stereocenters. The van der Waals surface area contributed by atoms with Gasteiger partial charge in [-0.15, -0.1) is 24.2 Å². The third-order valence-electron chi connectivity index (χ3n) is 2.71. The lowest BCUT2D eigenvalue weighted by atomic mass is 10.2. The predicted molar refractivity (Wildman–Crippen MR) is 76.8 cm³/mol. The van der Waals surface area contributed by atoms with E-state index in [0.717, 1.165) is 6.42 Å². The number of carbonyl (C=O) groups excluding carboxylic acids is 2. The van der Waals surface area contributed by atoms with Gasteiger partial charge in [-0.3, -0.25) is 9.59 Å². The van der Waals surface area contributed by atoms with Gasteiger partial charge in [0.25, 0.3) is 0 Å². The van der Waals surface area contributed by atoms with Gasteiger partial charge in [0, 0.05) is 24.8 Å². The minimum Gasteiger partial charge on any atom is -0.351 e. The number of hydrogen-bond acceptors (Lipinski definition) is 4. The average Bonchev–Trinajstić information content (AvgIpc) is 2.78. The van der Waals surface area contributed by atoms with Crippen LogP contribution in [0.5, 0.6) is 0 Å². The van der Waals surface area contributed by atoms with Crippen LogP contribution in [-0.2, 0) is 9.59 Å². The van der Waals surface area contributed by atoms with Gasteiger partial charge in [0.2, 0.25) is 11.8 Å². The molecule has 1 aliphatic rings. The van der Waals surface area contributed by atoms with E-state index < -0.39 is 0 Å². The van der Waals surface area contributed by atoms with Crippen LogP contribution in [0.15, 0.2) is 0 Å². The number of halogens is 1. The highest BCUT2D eigenvalue weighted by Gasteiger charge is 2.34. The number of carbonyl (C=O) groups is 2. The zero-order valence-electron chi connectivity index (χ0n) is 10.8. The van der Waals surface area contributed by atoms with Crippen LogP contribution in [0.1, 0.15) is 26.7 Å². The number of hydrogen-bond donors (Lipinski definition) is 2. The Kier molecular flexibility index (Phi) is 8.39. The first-order valence-corrected chi connectivity index (χ1v) is 7.13. The molecule has 7 heteroatoms. The van der Waals surface area contributed by atoms with Crippen molar-refractivity contribution >= 4 is 36.0 Å². The zero-order chi connectivity index (χ0) is 12.8. The van der Waals surface area contributed by atoms with Crippen molar-refractivity contribution < 1.29 is 9.59 Å². The van der Waals surface area contributed by atoms with Crippen molar-refractivity contribution in [2.75, 3.05) is 18.2 Å². The van der Waals surface area contributed by atoms with E-state index >= 15 is 0 Å². The summed E-state index contributed by atoms with van der Waals surface area (Å²) in [6, 6.07) is -0.371. The molecule has 3 N–H and O–H groups in total. The molecule has 2 amide bonds. The second kappa shape index (κ2) is 8.61. The Bertz CT molecular complexity index is 291. The lowest BCUT2D eigenvalue weighted by Crippen LogP contribution is -2.50. The minimum atomic E-state index is -0.326.